The van der Waals surface area contributed by atoms with Gasteiger partial charge >= 0.3 is 0 Å². The number of pyridine rings is 1. The normalized spacial score (nSPS) is 17.5. The van der Waals surface area contributed by atoms with E-state index in [1.54, 1.807) is 17.2 Å². The Labute approximate surface area is 129 Å². The SMILES string of the molecule is CN(C)c1ncccc1O[C@H]1CCN(C(=O)c2ccoc2)C1. The second kappa shape index (κ2) is 6.09. The van der Waals surface area contributed by atoms with Crippen molar-refractivity contribution < 1.29 is 13.9 Å². The molecule has 0 saturated carbocycles. The number of amides is 1. The van der Waals surface area contributed by atoms with E-state index in [0.29, 0.717) is 18.7 Å². The molecule has 1 saturated heterocycles. The molecule has 1 fully saturated rings. The molecule has 0 N–H and O–H groups in total. The third-order valence-corrected chi connectivity index (χ3v) is 3.67. The molecule has 0 spiro atoms. The maximum atomic E-state index is 12.3. The van der Waals surface area contributed by atoms with E-state index in [-0.39, 0.29) is 12.0 Å². The molecule has 0 aromatic carbocycles. The molecule has 1 aliphatic rings. The summed E-state index contributed by atoms with van der Waals surface area (Å²) in [7, 11) is 3.86. The number of carbonyl (C=O) groups excluding carboxylic acids is 1. The molecular weight excluding hydrogens is 282 g/mol. The number of likely N-dealkylation sites (tertiary alicyclic amines) is 1. The van der Waals surface area contributed by atoms with Crippen molar-refractivity contribution in [1.29, 1.82) is 0 Å². The second-order valence-corrected chi connectivity index (χ2v) is 5.51. The van der Waals surface area contributed by atoms with Crippen LogP contribution >= 0.6 is 0 Å². The average molecular weight is 301 g/mol. The number of hydrogen-bond acceptors (Lipinski definition) is 5. The Morgan fingerprint density at radius 2 is 2.32 bits per heavy atom. The van der Waals surface area contributed by atoms with Crippen LogP contribution in [0.4, 0.5) is 5.82 Å². The van der Waals surface area contributed by atoms with Gasteiger partial charge in [0.15, 0.2) is 11.6 Å². The molecule has 1 atom stereocenters. The summed E-state index contributed by atoms with van der Waals surface area (Å²) in [6, 6.07) is 5.44. The van der Waals surface area contributed by atoms with Crippen LogP contribution in [0.25, 0.3) is 0 Å². The minimum Gasteiger partial charge on any atom is -0.485 e. The summed E-state index contributed by atoms with van der Waals surface area (Å²) in [4.78, 5) is 20.3. The van der Waals surface area contributed by atoms with E-state index < -0.39 is 0 Å². The van der Waals surface area contributed by atoms with Gasteiger partial charge in [-0.05, 0) is 18.2 Å². The fourth-order valence-corrected chi connectivity index (χ4v) is 2.57. The van der Waals surface area contributed by atoms with Crippen LogP contribution in [0.3, 0.4) is 0 Å². The molecule has 1 amide bonds. The Morgan fingerprint density at radius 1 is 1.45 bits per heavy atom. The molecule has 0 aliphatic carbocycles. The monoisotopic (exact) mass is 301 g/mol. The molecule has 0 unspecified atom stereocenters. The first-order chi connectivity index (χ1) is 10.6. The Balaban J connectivity index is 1.65. The van der Waals surface area contributed by atoms with Gasteiger partial charge in [-0.3, -0.25) is 4.79 Å². The molecule has 0 radical (unpaired) electrons. The fraction of sp³-hybridized carbons (Fsp3) is 0.375. The zero-order chi connectivity index (χ0) is 15.5. The average Bonchev–Trinajstić information content (AvgIpc) is 3.18. The van der Waals surface area contributed by atoms with E-state index in [2.05, 4.69) is 4.98 Å². The third kappa shape index (κ3) is 2.90. The summed E-state index contributed by atoms with van der Waals surface area (Å²) < 4.78 is 11.0. The lowest BCUT2D eigenvalue weighted by Crippen LogP contribution is -2.30. The van der Waals surface area contributed by atoms with Crippen LogP contribution in [-0.2, 0) is 0 Å². The number of aromatic nitrogens is 1. The van der Waals surface area contributed by atoms with Crippen molar-refractivity contribution in [2.24, 2.45) is 0 Å². The number of carbonyl (C=O) groups is 1. The summed E-state index contributed by atoms with van der Waals surface area (Å²) in [5, 5.41) is 0. The van der Waals surface area contributed by atoms with E-state index in [1.165, 1.54) is 12.5 Å². The van der Waals surface area contributed by atoms with Crippen LogP contribution < -0.4 is 9.64 Å². The van der Waals surface area contributed by atoms with Gasteiger partial charge in [-0.1, -0.05) is 0 Å². The number of rotatable bonds is 4. The van der Waals surface area contributed by atoms with E-state index in [9.17, 15) is 4.79 Å². The topological polar surface area (TPSA) is 58.8 Å². The van der Waals surface area contributed by atoms with Gasteiger partial charge in [0, 0.05) is 33.3 Å². The van der Waals surface area contributed by atoms with E-state index in [1.807, 2.05) is 31.1 Å². The molecule has 3 heterocycles. The maximum Gasteiger partial charge on any atom is 0.257 e. The minimum absolute atomic E-state index is 0.0149. The molecule has 2 aromatic rings. The predicted molar refractivity (Wildman–Crippen MR) is 82.2 cm³/mol. The van der Waals surface area contributed by atoms with Gasteiger partial charge < -0.3 is 19.0 Å². The highest BCUT2D eigenvalue weighted by molar-refractivity contribution is 5.94. The standard InChI is InChI=1S/C16H19N3O3/c1-18(2)15-14(4-3-7-17-15)22-13-5-8-19(10-13)16(20)12-6-9-21-11-12/h3-4,6-7,9,11,13H,5,8,10H2,1-2H3/t13-/m0/s1. The zero-order valence-electron chi connectivity index (χ0n) is 12.7. The van der Waals surface area contributed by atoms with Crippen molar-refractivity contribution in [3.8, 4) is 5.75 Å². The first-order valence-electron chi connectivity index (χ1n) is 7.25. The molecule has 0 bridgehead atoms. The van der Waals surface area contributed by atoms with Crippen molar-refractivity contribution in [1.82, 2.24) is 9.88 Å². The van der Waals surface area contributed by atoms with E-state index in [4.69, 9.17) is 9.15 Å². The van der Waals surface area contributed by atoms with Gasteiger partial charge in [0.2, 0.25) is 0 Å². The highest BCUT2D eigenvalue weighted by Gasteiger charge is 2.29. The highest BCUT2D eigenvalue weighted by Crippen LogP contribution is 2.27. The smallest absolute Gasteiger partial charge is 0.257 e. The van der Waals surface area contributed by atoms with Crippen molar-refractivity contribution in [3.63, 3.8) is 0 Å². The van der Waals surface area contributed by atoms with Gasteiger partial charge in [0.05, 0.1) is 18.4 Å². The summed E-state index contributed by atoms with van der Waals surface area (Å²) >= 11 is 0. The molecule has 22 heavy (non-hydrogen) atoms. The highest BCUT2D eigenvalue weighted by atomic mass is 16.5. The lowest BCUT2D eigenvalue weighted by Gasteiger charge is -2.20. The van der Waals surface area contributed by atoms with Crippen molar-refractivity contribution in [3.05, 3.63) is 42.5 Å². The van der Waals surface area contributed by atoms with Gasteiger partial charge in [-0.15, -0.1) is 0 Å². The molecule has 116 valence electrons. The minimum atomic E-state index is -0.0150. The van der Waals surface area contributed by atoms with Crippen molar-refractivity contribution >= 4 is 11.7 Å². The first-order valence-corrected chi connectivity index (χ1v) is 7.25. The van der Waals surface area contributed by atoms with E-state index in [0.717, 1.165) is 18.0 Å². The molecule has 6 nitrogen and oxygen atoms in total. The Kier molecular flexibility index (Phi) is 4.00. The number of anilines is 1. The van der Waals surface area contributed by atoms with Crippen LogP contribution in [0.1, 0.15) is 16.8 Å². The Hall–Kier alpha value is -2.50. The number of furan rings is 1. The Bertz CT molecular complexity index is 640. The predicted octanol–water partition coefficient (Wildman–Crippen LogP) is 2.03. The van der Waals surface area contributed by atoms with Gasteiger partial charge in [-0.25, -0.2) is 4.98 Å². The number of hydrogen-bond donors (Lipinski definition) is 0. The van der Waals surface area contributed by atoms with Crippen LogP contribution in [0.5, 0.6) is 5.75 Å². The summed E-state index contributed by atoms with van der Waals surface area (Å²) in [5.41, 5.74) is 0.580. The quantitative estimate of drug-likeness (QED) is 0.865. The lowest BCUT2D eigenvalue weighted by atomic mass is 10.3. The maximum absolute atomic E-state index is 12.3. The number of nitrogens with zero attached hydrogens (tertiary/aromatic N) is 3. The van der Waals surface area contributed by atoms with Gasteiger partial charge in [0.1, 0.15) is 12.4 Å². The Morgan fingerprint density at radius 3 is 3.05 bits per heavy atom. The van der Waals surface area contributed by atoms with Crippen molar-refractivity contribution in [2.75, 3.05) is 32.1 Å². The summed E-state index contributed by atoms with van der Waals surface area (Å²) in [6.45, 7) is 1.26. The van der Waals surface area contributed by atoms with Gasteiger partial charge in [-0.2, -0.15) is 0 Å². The first kappa shape index (κ1) is 14.4. The van der Waals surface area contributed by atoms with Crippen LogP contribution in [0.15, 0.2) is 41.3 Å². The zero-order valence-corrected chi connectivity index (χ0v) is 12.7. The van der Waals surface area contributed by atoms with E-state index >= 15 is 0 Å². The molecule has 6 heteroatoms. The van der Waals surface area contributed by atoms with Crippen LogP contribution in [0.2, 0.25) is 0 Å². The molecule has 3 rings (SSSR count). The summed E-state index contributed by atoms with van der Waals surface area (Å²) in [5.74, 6) is 1.52. The van der Waals surface area contributed by atoms with Crippen molar-refractivity contribution in [2.45, 2.75) is 12.5 Å². The molecule has 2 aromatic heterocycles. The van der Waals surface area contributed by atoms with Gasteiger partial charge in [0.25, 0.3) is 5.91 Å². The number of ether oxygens (including phenoxy) is 1. The second-order valence-electron chi connectivity index (χ2n) is 5.51. The molecular formula is C16H19N3O3. The van der Waals surface area contributed by atoms with Crippen LogP contribution in [0, 0.1) is 0 Å². The fourth-order valence-electron chi connectivity index (χ4n) is 2.57. The molecule has 1 aliphatic heterocycles. The van der Waals surface area contributed by atoms with Crippen LogP contribution in [-0.4, -0.2) is 49.1 Å². The third-order valence-electron chi connectivity index (χ3n) is 3.67. The largest absolute Gasteiger partial charge is 0.485 e. The summed E-state index contributed by atoms with van der Waals surface area (Å²) in [6.07, 6.45) is 5.52. The lowest BCUT2D eigenvalue weighted by molar-refractivity contribution is 0.0772.